The van der Waals surface area contributed by atoms with Crippen molar-refractivity contribution < 1.29 is 0 Å². The van der Waals surface area contributed by atoms with E-state index in [0.29, 0.717) is 17.0 Å². The van der Waals surface area contributed by atoms with Gasteiger partial charge in [0.2, 0.25) is 0 Å². The van der Waals surface area contributed by atoms with Crippen molar-refractivity contribution in [3.63, 3.8) is 0 Å². The number of rotatable bonds is 8. The van der Waals surface area contributed by atoms with E-state index in [1.165, 1.54) is 38.1 Å². The van der Waals surface area contributed by atoms with Gasteiger partial charge in [0.05, 0.1) is 34.6 Å². The van der Waals surface area contributed by atoms with E-state index in [0.717, 1.165) is 61.1 Å². The van der Waals surface area contributed by atoms with Crippen LogP contribution in [0.25, 0.3) is 53.9 Å². The highest BCUT2D eigenvalue weighted by Crippen LogP contribution is 2.48. The Labute approximate surface area is 362 Å². The summed E-state index contributed by atoms with van der Waals surface area (Å²) >= 11 is 0. The van der Waals surface area contributed by atoms with Crippen molar-refractivity contribution in [1.29, 1.82) is 10.5 Å². The average Bonchev–Trinajstić information content (AvgIpc) is 3.31. The van der Waals surface area contributed by atoms with Crippen LogP contribution < -0.4 is 9.80 Å². The van der Waals surface area contributed by atoms with Gasteiger partial charge in [0.1, 0.15) is 0 Å². The monoisotopic (exact) mass is 796 g/mol. The number of hydrogen-bond donors (Lipinski definition) is 0. The minimum absolute atomic E-state index is 0.244. The summed E-state index contributed by atoms with van der Waals surface area (Å²) in [6, 6.07) is 69.5. The highest BCUT2D eigenvalue weighted by molar-refractivity contribution is 6.23. The molecule has 0 aliphatic rings. The Balaban J connectivity index is 1.31. The number of benzene rings is 10. The van der Waals surface area contributed by atoms with Crippen LogP contribution in [0, 0.1) is 22.7 Å². The lowest BCUT2D eigenvalue weighted by atomic mass is 9.89. The molecule has 0 saturated carbocycles. The van der Waals surface area contributed by atoms with Crippen LogP contribution in [-0.4, -0.2) is 0 Å². The smallest absolute Gasteiger partial charge is 0.0991 e. The first-order valence-corrected chi connectivity index (χ1v) is 21.3. The van der Waals surface area contributed by atoms with Crippen LogP contribution in [-0.2, 0) is 0 Å². The fraction of sp³-hybridized carbons (Fsp3) is 0.103. The summed E-state index contributed by atoms with van der Waals surface area (Å²) in [7, 11) is 0. The third-order valence-electron chi connectivity index (χ3n) is 12.4. The van der Waals surface area contributed by atoms with Crippen molar-refractivity contribution in [2.24, 2.45) is 0 Å². The summed E-state index contributed by atoms with van der Waals surface area (Å²) in [5.41, 5.74) is 9.92. The third kappa shape index (κ3) is 6.73. The van der Waals surface area contributed by atoms with Crippen LogP contribution in [0.2, 0.25) is 0 Å². The number of fused-ring (bicyclic) bond motifs is 7. The summed E-state index contributed by atoms with van der Waals surface area (Å²) in [6.45, 7) is 9.04. The maximum atomic E-state index is 9.81. The molecular formula is C58H44N4. The van der Waals surface area contributed by atoms with Crippen molar-refractivity contribution in [3.05, 3.63) is 204 Å². The molecule has 0 aliphatic heterocycles. The molecule has 62 heavy (non-hydrogen) atoms. The first-order valence-electron chi connectivity index (χ1n) is 21.3. The fourth-order valence-electron chi connectivity index (χ4n) is 8.99. The minimum atomic E-state index is 0.244. The van der Waals surface area contributed by atoms with Gasteiger partial charge in [0.15, 0.2) is 0 Å². The highest BCUT2D eigenvalue weighted by Gasteiger charge is 2.23. The lowest BCUT2D eigenvalue weighted by Gasteiger charge is -2.30. The van der Waals surface area contributed by atoms with Gasteiger partial charge >= 0.3 is 0 Å². The maximum Gasteiger partial charge on any atom is 0.0991 e. The van der Waals surface area contributed by atoms with Crippen LogP contribution in [0.1, 0.15) is 61.8 Å². The number of hydrogen-bond acceptors (Lipinski definition) is 4. The third-order valence-corrected chi connectivity index (χ3v) is 12.4. The summed E-state index contributed by atoms with van der Waals surface area (Å²) in [5.74, 6) is 0.587. The molecular weight excluding hydrogens is 753 g/mol. The SMILES string of the molecule is CC(C)c1ccc2c(N(c3ccc(C#N)cc3)c3ccc4ccccc4c3)cc3c4cc(C(C)C)cc(N(c5ccc(C#N)cc5)c5ccc6ccccc6c5)c4ccc3c2c1. The van der Waals surface area contributed by atoms with Gasteiger partial charge in [-0.1, -0.05) is 125 Å². The summed E-state index contributed by atoms with van der Waals surface area (Å²) < 4.78 is 0. The highest BCUT2D eigenvalue weighted by atomic mass is 15.1. The van der Waals surface area contributed by atoms with Gasteiger partial charge in [-0.15, -0.1) is 0 Å². The molecule has 0 unspecified atom stereocenters. The Morgan fingerprint density at radius 1 is 0.339 bits per heavy atom. The van der Waals surface area contributed by atoms with E-state index < -0.39 is 0 Å². The van der Waals surface area contributed by atoms with E-state index in [4.69, 9.17) is 0 Å². The predicted octanol–water partition coefficient (Wildman–Crippen LogP) is 16.4. The Morgan fingerprint density at radius 3 is 1.24 bits per heavy atom. The minimum Gasteiger partial charge on any atom is -0.310 e. The fourth-order valence-corrected chi connectivity index (χ4v) is 8.99. The van der Waals surface area contributed by atoms with Crippen LogP contribution in [0.3, 0.4) is 0 Å². The van der Waals surface area contributed by atoms with Gasteiger partial charge < -0.3 is 9.80 Å². The molecule has 4 heteroatoms. The second-order valence-corrected chi connectivity index (χ2v) is 16.9. The Kier molecular flexibility index (Phi) is 9.63. The molecule has 4 nitrogen and oxygen atoms in total. The van der Waals surface area contributed by atoms with E-state index in [1.807, 2.05) is 24.3 Å². The molecule has 0 atom stereocenters. The molecule has 0 spiro atoms. The van der Waals surface area contributed by atoms with Gasteiger partial charge in [0.25, 0.3) is 0 Å². The summed E-state index contributed by atoms with van der Waals surface area (Å²) in [5, 5.41) is 31.3. The van der Waals surface area contributed by atoms with E-state index in [1.54, 1.807) is 0 Å². The van der Waals surface area contributed by atoms with Crippen molar-refractivity contribution in [2.45, 2.75) is 39.5 Å². The van der Waals surface area contributed by atoms with Crippen molar-refractivity contribution in [1.82, 2.24) is 0 Å². The van der Waals surface area contributed by atoms with Crippen molar-refractivity contribution in [2.75, 3.05) is 9.80 Å². The van der Waals surface area contributed by atoms with E-state index >= 15 is 0 Å². The number of nitriles is 2. The molecule has 0 N–H and O–H groups in total. The molecule has 10 aromatic carbocycles. The van der Waals surface area contributed by atoms with Crippen LogP contribution in [0.15, 0.2) is 182 Å². The molecule has 0 heterocycles. The topological polar surface area (TPSA) is 54.1 Å². The van der Waals surface area contributed by atoms with Crippen molar-refractivity contribution >= 4 is 88.0 Å². The zero-order chi connectivity index (χ0) is 42.5. The first-order chi connectivity index (χ1) is 30.3. The quantitative estimate of drug-likeness (QED) is 0.144. The molecule has 0 fully saturated rings. The first kappa shape index (κ1) is 38.3. The molecule has 0 saturated heterocycles. The van der Waals surface area contributed by atoms with Gasteiger partial charge in [-0.3, -0.25) is 0 Å². The van der Waals surface area contributed by atoms with E-state index in [-0.39, 0.29) is 5.92 Å². The standard InChI is InChI=1S/C58H44N4/c1-37(2)43-19-26-52-54(31-43)51-27-28-53-55(56(51)34-58(52)62(48-22-15-40(36-60)16-23-48)50-25-18-42-10-6-8-12-45(42)30-50)32-46(38(3)4)33-57(53)61(47-20-13-39(35-59)14-21-47)49-24-17-41-9-5-7-11-44(41)29-49/h5-34,37-38H,1-4H3. The predicted molar refractivity (Wildman–Crippen MR) is 261 cm³/mol. The lowest BCUT2D eigenvalue weighted by Crippen LogP contribution is -2.12. The molecule has 10 rings (SSSR count). The largest absolute Gasteiger partial charge is 0.310 e. The van der Waals surface area contributed by atoms with Gasteiger partial charge in [-0.25, -0.2) is 0 Å². The van der Waals surface area contributed by atoms with E-state index in [9.17, 15) is 10.5 Å². The second kappa shape index (κ2) is 15.6. The van der Waals surface area contributed by atoms with Crippen LogP contribution in [0.4, 0.5) is 34.1 Å². The normalized spacial score (nSPS) is 11.5. The molecule has 0 aromatic heterocycles. The van der Waals surface area contributed by atoms with E-state index in [2.05, 4.69) is 207 Å². The van der Waals surface area contributed by atoms with Crippen LogP contribution >= 0.6 is 0 Å². The number of anilines is 6. The Hall–Kier alpha value is -7.92. The molecule has 10 aromatic rings. The molecule has 0 aliphatic carbocycles. The zero-order valence-electron chi connectivity index (χ0n) is 35.3. The molecule has 296 valence electrons. The Bertz CT molecular complexity index is 3440. The second-order valence-electron chi connectivity index (χ2n) is 16.9. The molecule has 0 bridgehead atoms. The summed E-state index contributed by atoms with van der Waals surface area (Å²) in [6.07, 6.45) is 0. The lowest BCUT2D eigenvalue weighted by molar-refractivity contribution is 0.868. The maximum absolute atomic E-state index is 9.81. The number of nitrogens with zero attached hydrogens (tertiary/aromatic N) is 4. The summed E-state index contributed by atoms with van der Waals surface area (Å²) in [4.78, 5) is 4.71. The van der Waals surface area contributed by atoms with Gasteiger partial charge in [0, 0.05) is 33.5 Å². The molecule has 0 radical (unpaired) electrons. The molecule has 0 amide bonds. The van der Waals surface area contributed by atoms with Crippen molar-refractivity contribution in [3.8, 4) is 12.1 Å². The van der Waals surface area contributed by atoms with Gasteiger partial charge in [-0.2, -0.15) is 10.5 Å². The Morgan fingerprint density at radius 2 is 0.742 bits per heavy atom. The zero-order valence-corrected chi connectivity index (χ0v) is 35.3. The van der Waals surface area contributed by atoms with Crippen LogP contribution in [0.5, 0.6) is 0 Å². The van der Waals surface area contributed by atoms with Gasteiger partial charge in [-0.05, 0) is 151 Å². The average molecular weight is 797 g/mol.